The minimum atomic E-state index is 0.800. The summed E-state index contributed by atoms with van der Waals surface area (Å²) in [4.78, 5) is 6.85. The zero-order valence-electron chi connectivity index (χ0n) is 14.1. The largest absolute Gasteiger partial charge is 0.381 e. The van der Waals surface area contributed by atoms with Gasteiger partial charge in [-0.05, 0) is 49.9 Å². The van der Waals surface area contributed by atoms with Gasteiger partial charge in [-0.2, -0.15) is 0 Å². The van der Waals surface area contributed by atoms with Crippen LogP contribution >= 0.6 is 0 Å². The average molecular weight is 295 g/mol. The number of aliphatic imine (C=N–C) groups is 1. The maximum Gasteiger partial charge on any atom is 0.193 e. The summed E-state index contributed by atoms with van der Waals surface area (Å²) in [6, 6.07) is 0. The van der Waals surface area contributed by atoms with Crippen molar-refractivity contribution < 1.29 is 4.74 Å². The van der Waals surface area contributed by atoms with Gasteiger partial charge < -0.3 is 15.0 Å². The van der Waals surface area contributed by atoms with Crippen molar-refractivity contribution in [3.05, 3.63) is 0 Å². The van der Waals surface area contributed by atoms with Crippen molar-refractivity contribution >= 4 is 5.96 Å². The third kappa shape index (κ3) is 6.25. The standard InChI is InChI=1S/C17H33N3O/c1-14(2)11-16-7-9-20(12-16)17(18-3)19-8-4-10-21-13-15-5-6-15/h14-16H,4-13H2,1-3H3,(H,18,19). The van der Waals surface area contributed by atoms with Gasteiger partial charge in [-0.3, -0.25) is 4.99 Å². The summed E-state index contributed by atoms with van der Waals surface area (Å²) in [5, 5.41) is 3.48. The van der Waals surface area contributed by atoms with E-state index in [1.54, 1.807) is 0 Å². The van der Waals surface area contributed by atoms with Crippen LogP contribution in [0, 0.1) is 17.8 Å². The maximum atomic E-state index is 5.67. The molecule has 0 bridgehead atoms. The van der Waals surface area contributed by atoms with E-state index in [1.165, 1.54) is 25.7 Å². The van der Waals surface area contributed by atoms with Crippen molar-refractivity contribution in [3.63, 3.8) is 0 Å². The maximum absolute atomic E-state index is 5.67. The van der Waals surface area contributed by atoms with Gasteiger partial charge in [-0.1, -0.05) is 13.8 Å². The molecule has 4 nitrogen and oxygen atoms in total. The first-order chi connectivity index (χ1) is 10.2. The Kier molecular flexibility index (Phi) is 6.81. The van der Waals surface area contributed by atoms with E-state index < -0.39 is 0 Å². The molecule has 0 radical (unpaired) electrons. The minimum absolute atomic E-state index is 0.800. The zero-order chi connectivity index (χ0) is 15.1. The minimum Gasteiger partial charge on any atom is -0.381 e. The molecule has 1 heterocycles. The normalized spacial score (nSPS) is 23.1. The molecule has 0 spiro atoms. The van der Waals surface area contributed by atoms with Crippen molar-refractivity contribution in [1.29, 1.82) is 0 Å². The molecule has 4 heteroatoms. The second-order valence-electron chi connectivity index (χ2n) is 7.08. The van der Waals surface area contributed by atoms with Crippen LogP contribution in [0.25, 0.3) is 0 Å². The highest BCUT2D eigenvalue weighted by atomic mass is 16.5. The third-order valence-electron chi connectivity index (χ3n) is 4.40. The van der Waals surface area contributed by atoms with Crippen LogP contribution in [-0.4, -0.2) is 50.8 Å². The number of hydrogen-bond donors (Lipinski definition) is 1. The Morgan fingerprint density at radius 2 is 2.10 bits per heavy atom. The summed E-state index contributed by atoms with van der Waals surface area (Å²) < 4.78 is 5.67. The van der Waals surface area contributed by atoms with Crippen molar-refractivity contribution in [2.45, 2.75) is 46.0 Å². The molecule has 2 aliphatic rings. The molecule has 1 saturated heterocycles. The average Bonchev–Trinajstić information content (AvgIpc) is 3.16. The summed E-state index contributed by atoms with van der Waals surface area (Å²) in [6.07, 6.45) is 6.45. The van der Waals surface area contributed by atoms with Gasteiger partial charge >= 0.3 is 0 Å². The molecule has 1 saturated carbocycles. The molecule has 122 valence electrons. The summed E-state index contributed by atoms with van der Waals surface area (Å²) in [6.45, 7) is 9.75. The first-order valence-electron chi connectivity index (χ1n) is 8.72. The molecular formula is C17H33N3O. The van der Waals surface area contributed by atoms with E-state index in [4.69, 9.17) is 4.74 Å². The highest BCUT2D eigenvalue weighted by molar-refractivity contribution is 5.80. The number of likely N-dealkylation sites (tertiary alicyclic amines) is 1. The fourth-order valence-corrected chi connectivity index (χ4v) is 3.13. The molecule has 1 aliphatic heterocycles. The topological polar surface area (TPSA) is 36.9 Å². The molecule has 0 aromatic rings. The summed E-state index contributed by atoms with van der Waals surface area (Å²) in [7, 11) is 1.89. The van der Waals surface area contributed by atoms with Crippen molar-refractivity contribution in [3.8, 4) is 0 Å². The number of rotatable bonds is 8. The van der Waals surface area contributed by atoms with Crippen LogP contribution in [0.1, 0.15) is 46.0 Å². The molecule has 0 aromatic carbocycles. The molecule has 21 heavy (non-hydrogen) atoms. The summed E-state index contributed by atoms with van der Waals surface area (Å²) in [5.41, 5.74) is 0. The van der Waals surface area contributed by atoms with E-state index in [1.807, 2.05) is 7.05 Å². The second kappa shape index (κ2) is 8.62. The highest BCUT2D eigenvalue weighted by Crippen LogP contribution is 2.28. The van der Waals surface area contributed by atoms with E-state index in [-0.39, 0.29) is 0 Å². The summed E-state index contributed by atoms with van der Waals surface area (Å²) in [5.74, 6) is 3.58. The molecular weight excluding hydrogens is 262 g/mol. The van der Waals surface area contributed by atoms with Gasteiger partial charge in [0, 0.05) is 39.9 Å². The van der Waals surface area contributed by atoms with Crippen LogP contribution in [0.15, 0.2) is 4.99 Å². The van der Waals surface area contributed by atoms with E-state index >= 15 is 0 Å². The Morgan fingerprint density at radius 1 is 1.29 bits per heavy atom. The van der Waals surface area contributed by atoms with Crippen molar-refractivity contribution in [1.82, 2.24) is 10.2 Å². The van der Waals surface area contributed by atoms with Gasteiger partial charge in [-0.25, -0.2) is 0 Å². The lowest BCUT2D eigenvalue weighted by Crippen LogP contribution is -2.40. The number of nitrogens with zero attached hydrogens (tertiary/aromatic N) is 2. The van der Waals surface area contributed by atoms with Gasteiger partial charge in [0.15, 0.2) is 5.96 Å². The Hall–Kier alpha value is -0.770. The lowest BCUT2D eigenvalue weighted by molar-refractivity contribution is 0.122. The Balaban J connectivity index is 1.57. The molecule has 1 unspecified atom stereocenters. The number of ether oxygens (including phenoxy) is 1. The molecule has 2 rings (SSSR count). The number of nitrogens with one attached hydrogen (secondary N) is 1. The second-order valence-corrected chi connectivity index (χ2v) is 7.08. The molecule has 1 aliphatic carbocycles. The lowest BCUT2D eigenvalue weighted by atomic mass is 9.97. The van der Waals surface area contributed by atoms with Crippen LogP contribution in [0.2, 0.25) is 0 Å². The van der Waals surface area contributed by atoms with Gasteiger partial charge in [0.1, 0.15) is 0 Å². The first kappa shape index (κ1) is 16.6. The smallest absolute Gasteiger partial charge is 0.193 e. The quantitative estimate of drug-likeness (QED) is 0.425. The van der Waals surface area contributed by atoms with Crippen LogP contribution in [0.3, 0.4) is 0 Å². The van der Waals surface area contributed by atoms with Gasteiger partial charge in [0.05, 0.1) is 0 Å². The van der Waals surface area contributed by atoms with E-state index in [2.05, 4.69) is 29.1 Å². The molecule has 2 fully saturated rings. The van der Waals surface area contributed by atoms with Crippen molar-refractivity contribution in [2.75, 3.05) is 39.9 Å². The van der Waals surface area contributed by atoms with E-state index in [9.17, 15) is 0 Å². The van der Waals surface area contributed by atoms with Crippen LogP contribution in [0.5, 0.6) is 0 Å². The van der Waals surface area contributed by atoms with Crippen molar-refractivity contribution in [2.24, 2.45) is 22.7 Å². The third-order valence-corrected chi connectivity index (χ3v) is 4.40. The SMILES string of the molecule is CN=C(NCCCOCC1CC1)N1CCC(CC(C)C)C1. The van der Waals surface area contributed by atoms with Crippen LogP contribution in [-0.2, 0) is 4.74 Å². The van der Waals surface area contributed by atoms with Gasteiger partial charge in [-0.15, -0.1) is 0 Å². The molecule has 1 atom stereocenters. The summed E-state index contributed by atoms with van der Waals surface area (Å²) >= 11 is 0. The fourth-order valence-electron chi connectivity index (χ4n) is 3.13. The first-order valence-corrected chi connectivity index (χ1v) is 8.72. The number of hydrogen-bond acceptors (Lipinski definition) is 2. The highest BCUT2D eigenvalue weighted by Gasteiger charge is 2.25. The van der Waals surface area contributed by atoms with Gasteiger partial charge in [0.25, 0.3) is 0 Å². The van der Waals surface area contributed by atoms with Crippen LogP contribution < -0.4 is 5.32 Å². The Morgan fingerprint density at radius 3 is 2.76 bits per heavy atom. The van der Waals surface area contributed by atoms with Gasteiger partial charge in [0.2, 0.25) is 0 Å². The predicted octanol–water partition coefficient (Wildman–Crippen LogP) is 2.75. The lowest BCUT2D eigenvalue weighted by Gasteiger charge is -2.22. The van der Waals surface area contributed by atoms with Crippen LogP contribution in [0.4, 0.5) is 0 Å². The van der Waals surface area contributed by atoms with E-state index in [0.717, 1.165) is 63.0 Å². The molecule has 0 amide bonds. The molecule has 0 aromatic heterocycles. The number of guanidine groups is 1. The monoisotopic (exact) mass is 295 g/mol. The molecule has 1 N–H and O–H groups in total. The fraction of sp³-hybridized carbons (Fsp3) is 0.941. The predicted molar refractivity (Wildman–Crippen MR) is 88.7 cm³/mol. The Labute approximate surface area is 130 Å². The van der Waals surface area contributed by atoms with E-state index in [0.29, 0.717) is 0 Å². The Bertz CT molecular complexity index is 326. The zero-order valence-corrected chi connectivity index (χ0v) is 14.1.